The summed E-state index contributed by atoms with van der Waals surface area (Å²) in [5.74, 6) is -2.82. The maximum atomic E-state index is 14.9. The number of fused-ring (bicyclic) bond motifs is 3. The second-order valence-corrected chi connectivity index (χ2v) is 16.5. The number of aromatic nitrogens is 1. The molecular weight excluding hydrogens is 829 g/mol. The molecule has 2 bridgehead atoms. The lowest BCUT2D eigenvalue weighted by atomic mass is 9.74. The van der Waals surface area contributed by atoms with Crippen LogP contribution in [-0.2, 0) is 66.4 Å². The van der Waals surface area contributed by atoms with Crippen LogP contribution >= 0.6 is 0 Å². The van der Waals surface area contributed by atoms with Gasteiger partial charge in [-0.1, -0.05) is 78.9 Å². The third-order valence-corrected chi connectivity index (χ3v) is 11.7. The second-order valence-electron chi connectivity index (χ2n) is 16.5. The Morgan fingerprint density at radius 3 is 2.35 bits per heavy atom. The summed E-state index contributed by atoms with van der Waals surface area (Å²) < 4.78 is 6.85. The molecule has 1 aromatic heterocycles. The first kappa shape index (κ1) is 47.6. The summed E-state index contributed by atoms with van der Waals surface area (Å²) in [6.07, 6.45) is 5.24. The zero-order valence-electron chi connectivity index (χ0n) is 36.7. The van der Waals surface area contributed by atoms with Crippen LogP contribution in [-0.4, -0.2) is 103 Å². The van der Waals surface area contributed by atoms with Crippen molar-refractivity contribution in [2.75, 3.05) is 45.9 Å². The average molecular weight is 887 g/mol. The topological polar surface area (TPSA) is 223 Å². The largest absolute Gasteiger partial charge is 0.378 e. The van der Waals surface area contributed by atoms with Gasteiger partial charge in [0.1, 0.15) is 12.1 Å². The third kappa shape index (κ3) is 13.5. The van der Waals surface area contributed by atoms with Gasteiger partial charge in [-0.2, -0.15) is 0 Å². The number of ether oxygens (including phenoxy) is 1. The van der Waals surface area contributed by atoms with Gasteiger partial charge in [-0.15, -0.1) is 0 Å². The summed E-state index contributed by atoms with van der Waals surface area (Å²) >= 11 is 0. The Balaban J connectivity index is 1.31. The molecule has 4 aromatic rings. The van der Waals surface area contributed by atoms with Crippen molar-refractivity contribution >= 4 is 35.4 Å². The molecule has 1 fully saturated rings. The Hall–Kier alpha value is -6.91. The number of rotatable bonds is 11. The molecule has 2 aliphatic heterocycles. The van der Waals surface area contributed by atoms with E-state index in [1.165, 1.54) is 4.57 Å². The maximum Gasteiger partial charge on any atom is 0.250 e. The van der Waals surface area contributed by atoms with Crippen molar-refractivity contribution < 1.29 is 33.5 Å². The SMILES string of the molecule is Cn1ccc(-c2ccc(C[C@@H]3NC(=O)[C@]4(Cc5ccccc5)CCCN(C4)C(=O)/C=C/C(=O)NCC[C@@H](C(=O)NCCOCCN)NC(=O)Cc4ccccc4CNC3=O)cc2)cc1=O. The van der Waals surface area contributed by atoms with Crippen LogP contribution in [0.5, 0.6) is 0 Å². The van der Waals surface area contributed by atoms with Gasteiger partial charge in [0.2, 0.25) is 35.4 Å². The fourth-order valence-corrected chi connectivity index (χ4v) is 8.14. The molecule has 0 unspecified atom stereocenters. The number of piperidine rings is 1. The van der Waals surface area contributed by atoms with Crippen molar-refractivity contribution in [2.45, 2.75) is 57.2 Å². The molecule has 342 valence electrons. The highest BCUT2D eigenvalue weighted by Gasteiger charge is 2.44. The monoisotopic (exact) mass is 886 g/mol. The van der Waals surface area contributed by atoms with Crippen molar-refractivity contribution in [1.82, 2.24) is 36.1 Å². The summed E-state index contributed by atoms with van der Waals surface area (Å²) in [5, 5.41) is 14.3. The molecule has 6 rings (SSSR count). The second kappa shape index (κ2) is 23.1. The molecule has 3 heterocycles. The summed E-state index contributed by atoms with van der Waals surface area (Å²) in [4.78, 5) is 96.8. The van der Waals surface area contributed by atoms with Gasteiger partial charge in [-0.25, -0.2) is 0 Å². The van der Waals surface area contributed by atoms with Crippen molar-refractivity contribution in [2.24, 2.45) is 18.2 Å². The van der Waals surface area contributed by atoms with E-state index in [1.54, 1.807) is 48.5 Å². The van der Waals surface area contributed by atoms with Gasteiger partial charge in [0.05, 0.1) is 25.0 Å². The van der Waals surface area contributed by atoms with Crippen LogP contribution in [0.3, 0.4) is 0 Å². The number of benzene rings is 3. The minimum Gasteiger partial charge on any atom is -0.378 e. The highest BCUT2D eigenvalue weighted by atomic mass is 16.5. The van der Waals surface area contributed by atoms with Crippen LogP contribution in [0.2, 0.25) is 0 Å². The maximum absolute atomic E-state index is 14.9. The molecule has 0 aliphatic carbocycles. The van der Waals surface area contributed by atoms with Crippen molar-refractivity contribution in [3.63, 3.8) is 0 Å². The van der Waals surface area contributed by atoms with E-state index in [9.17, 15) is 33.6 Å². The smallest absolute Gasteiger partial charge is 0.250 e. The van der Waals surface area contributed by atoms with Crippen molar-refractivity contribution in [3.8, 4) is 11.1 Å². The van der Waals surface area contributed by atoms with Crippen LogP contribution in [0.25, 0.3) is 11.1 Å². The first-order chi connectivity index (χ1) is 31.4. The van der Waals surface area contributed by atoms with E-state index < -0.39 is 52.9 Å². The lowest BCUT2D eigenvalue weighted by Crippen LogP contribution is -2.58. The number of hydrogen-bond acceptors (Lipinski definition) is 9. The molecule has 0 radical (unpaired) electrons. The summed E-state index contributed by atoms with van der Waals surface area (Å²) in [6.45, 7) is 1.48. The number of aryl methyl sites for hydroxylation is 1. The molecule has 65 heavy (non-hydrogen) atoms. The van der Waals surface area contributed by atoms with E-state index in [4.69, 9.17) is 10.5 Å². The fourth-order valence-electron chi connectivity index (χ4n) is 8.14. The molecule has 3 aromatic carbocycles. The molecule has 1 saturated heterocycles. The minimum atomic E-state index is -1.13. The lowest BCUT2D eigenvalue weighted by Gasteiger charge is -2.42. The van der Waals surface area contributed by atoms with Crippen LogP contribution in [0.4, 0.5) is 0 Å². The van der Waals surface area contributed by atoms with Gasteiger partial charge in [-0.05, 0) is 65.1 Å². The first-order valence-corrected chi connectivity index (χ1v) is 22.0. The van der Waals surface area contributed by atoms with Crippen LogP contribution in [0, 0.1) is 5.41 Å². The number of nitrogens with one attached hydrogen (secondary N) is 5. The molecule has 3 atom stereocenters. The summed E-state index contributed by atoms with van der Waals surface area (Å²) in [7, 11) is 1.68. The molecule has 16 nitrogen and oxygen atoms in total. The minimum absolute atomic E-state index is 0.00561. The van der Waals surface area contributed by atoms with Crippen molar-refractivity contribution in [3.05, 3.63) is 142 Å². The van der Waals surface area contributed by atoms with Gasteiger partial charge < -0.3 is 46.5 Å². The number of nitrogens with two attached hydrogens (primary N) is 1. The molecule has 7 N–H and O–H groups in total. The Kier molecular flexibility index (Phi) is 16.9. The molecule has 2 aliphatic rings. The molecular formula is C49H58N8O8. The number of carbonyl (C=O) groups is 6. The molecule has 6 amide bonds. The molecule has 0 saturated carbocycles. The summed E-state index contributed by atoms with van der Waals surface area (Å²) in [6, 6.07) is 25.4. The van der Waals surface area contributed by atoms with Gasteiger partial charge in [0.15, 0.2) is 0 Å². The Morgan fingerprint density at radius 1 is 0.846 bits per heavy atom. The number of hydrogen-bond donors (Lipinski definition) is 6. The fraction of sp³-hybridized carbons (Fsp3) is 0.367. The number of pyridine rings is 1. The number of carbonyl (C=O) groups excluding carboxylic acids is 6. The van der Waals surface area contributed by atoms with E-state index in [1.807, 2.05) is 60.7 Å². The van der Waals surface area contributed by atoms with E-state index in [-0.39, 0.29) is 64.0 Å². The van der Waals surface area contributed by atoms with Crippen LogP contribution < -0.4 is 37.9 Å². The molecule has 0 spiro atoms. The number of nitrogens with zero attached hydrogens (tertiary/aromatic N) is 2. The van der Waals surface area contributed by atoms with Gasteiger partial charge >= 0.3 is 0 Å². The summed E-state index contributed by atoms with van der Waals surface area (Å²) in [5.41, 5.74) is 8.65. The predicted octanol–water partition coefficient (Wildman–Crippen LogP) is 1.44. The van der Waals surface area contributed by atoms with Gasteiger partial charge in [0.25, 0.3) is 5.56 Å². The van der Waals surface area contributed by atoms with Crippen LogP contribution in [0.15, 0.2) is 114 Å². The zero-order chi connectivity index (χ0) is 46.2. The lowest BCUT2D eigenvalue weighted by molar-refractivity contribution is -0.141. The number of amides is 6. The normalized spacial score (nSPS) is 20.7. The zero-order valence-corrected chi connectivity index (χ0v) is 36.7. The Bertz CT molecular complexity index is 2400. The van der Waals surface area contributed by atoms with E-state index in [2.05, 4.69) is 26.6 Å². The standard InChI is InChI=1S/C49H58N8O8/c1-56-25-19-38(30-45(56)61)36-14-12-34(13-15-36)28-41-47(63)53-32-39-11-6-5-10-37(39)29-43(59)54-40(46(62)52-23-27-65-26-21-50)18-22-51-42(58)16-17-44(60)57-24-7-20-49(33-57,48(64)55-41)31-35-8-3-2-4-9-35/h2-6,8-17,19,25,30,40-41H,7,18,20-24,26-29,31-33,50H2,1H3,(H,51,58)(H,52,62)(H,53,63)(H,54,59)(H,55,64)/b17-16+/t40-,41-,49-/m0/s1. The Morgan fingerprint density at radius 2 is 1.60 bits per heavy atom. The quantitative estimate of drug-likeness (QED) is 0.120. The van der Waals surface area contributed by atoms with E-state index in [0.29, 0.717) is 43.7 Å². The highest BCUT2D eigenvalue weighted by Crippen LogP contribution is 2.35. The van der Waals surface area contributed by atoms with Crippen LogP contribution in [0.1, 0.15) is 41.5 Å². The predicted molar refractivity (Wildman–Crippen MR) is 245 cm³/mol. The van der Waals surface area contributed by atoms with Gasteiger partial charge in [0, 0.05) is 77.2 Å². The Labute approximate surface area is 378 Å². The average Bonchev–Trinajstić information content (AvgIpc) is 3.31. The van der Waals surface area contributed by atoms with E-state index >= 15 is 0 Å². The van der Waals surface area contributed by atoms with Crippen molar-refractivity contribution in [1.29, 1.82) is 0 Å². The van der Waals surface area contributed by atoms with Gasteiger partial charge in [-0.3, -0.25) is 33.6 Å². The first-order valence-electron chi connectivity index (χ1n) is 22.0. The highest BCUT2D eigenvalue weighted by molar-refractivity contribution is 5.97. The third-order valence-electron chi connectivity index (χ3n) is 11.7. The van der Waals surface area contributed by atoms with E-state index in [0.717, 1.165) is 34.4 Å². The molecule has 16 heteroatoms.